The van der Waals surface area contributed by atoms with Crippen molar-refractivity contribution >= 4 is 33.7 Å². The maximum Gasteiger partial charge on any atom is 0.446 e. The van der Waals surface area contributed by atoms with Gasteiger partial charge in [-0.15, -0.1) is 0 Å². The summed E-state index contributed by atoms with van der Waals surface area (Å²) in [6.07, 6.45) is -0.103. The highest BCUT2D eigenvalue weighted by atomic mass is 79.9. The van der Waals surface area contributed by atoms with Crippen LogP contribution in [0.25, 0.3) is 0 Å². The molecule has 0 bridgehead atoms. The summed E-state index contributed by atoms with van der Waals surface area (Å²) in [5.41, 5.74) is -3.99. The van der Waals surface area contributed by atoms with Crippen molar-refractivity contribution in [2.75, 3.05) is 0 Å². The van der Waals surface area contributed by atoms with E-state index < -0.39 is 11.5 Å². The number of rotatable bonds is 4. The van der Waals surface area contributed by atoms with Gasteiger partial charge in [-0.3, -0.25) is 4.79 Å². The van der Waals surface area contributed by atoms with Gasteiger partial charge >= 0.3 is 11.5 Å². The van der Waals surface area contributed by atoms with Crippen molar-refractivity contribution in [2.45, 2.75) is 23.2 Å². The summed E-state index contributed by atoms with van der Waals surface area (Å²) in [6, 6.07) is 4.44. The van der Waals surface area contributed by atoms with Gasteiger partial charge < -0.3 is 5.11 Å². The molecule has 1 rings (SSSR count). The molecular formula is C10H8BrF3O2S. The fourth-order valence-corrected chi connectivity index (χ4v) is 2.45. The second kappa shape index (κ2) is 5.77. The zero-order valence-corrected chi connectivity index (χ0v) is 10.8. The SMILES string of the molecule is O=C(O)CCc1ccc(Br)cc1SC(F)(F)F. The predicted octanol–water partition coefficient (Wildman–Crippen LogP) is 4.08. The zero-order chi connectivity index (χ0) is 13.1. The molecule has 1 aromatic carbocycles. The summed E-state index contributed by atoms with van der Waals surface area (Å²) in [6.45, 7) is 0. The lowest BCUT2D eigenvalue weighted by Crippen LogP contribution is -2.03. The number of aryl methyl sites for hydroxylation is 1. The molecule has 7 heteroatoms. The van der Waals surface area contributed by atoms with Crippen molar-refractivity contribution < 1.29 is 23.1 Å². The highest BCUT2D eigenvalue weighted by Crippen LogP contribution is 2.39. The molecule has 0 radical (unpaired) electrons. The monoisotopic (exact) mass is 328 g/mol. The van der Waals surface area contributed by atoms with Crippen molar-refractivity contribution in [1.82, 2.24) is 0 Å². The summed E-state index contributed by atoms with van der Waals surface area (Å²) in [4.78, 5) is 10.4. The van der Waals surface area contributed by atoms with Gasteiger partial charge in [-0.1, -0.05) is 22.0 Å². The standard InChI is InChI=1S/C10H8BrF3O2S/c11-7-3-1-6(2-4-9(15)16)8(5-7)17-10(12,13)14/h1,3,5H,2,4H2,(H,15,16). The van der Waals surface area contributed by atoms with E-state index in [1.165, 1.54) is 12.1 Å². The van der Waals surface area contributed by atoms with Crippen LogP contribution in [0, 0.1) is 0 Å². The number of halogens is 4. The molecule has 0 aliphatic rings. The smallest absolute Gasteiger partial charge is 0.446 e. The van der Waals surface area contributed by atoms with Crippen molar-refractivity contribution in [2.24, 2.45) is 0 Å². The van der Waals surface area contributed by atoms with Crippen molar-refractivity contribution in [3.05, 3.63) is 28.2 Å². The number of thioether (sulfide) groups is 1. The van der Waals surface area contributed by atoms with E-state index in [2.05, 4.69) is 15.9 Å². The molecule has 0 fully saturated rings. The van der Waals surface area contributed by atoms with Crippen LogP contribution in [0.2, 0.25) is 0 Å². The molecule has 0 spiro atoms. The molecule has 0 aromatic heterocycles. The molecule has 0 atom stereocenters. The van der Waals surface area contributed by atoms with E-state index in [0.717, 1.165) is 0 Å². The normalized spacial score (nSPS) is 11.5. The maximum atomic E-state index is 12.3. The molecule has 17 heavy (non-hydrogen) atoms. The van der Waals surface area contributed by atoms with E-state index in [1.807, 2.05) is 0 Å². The number of aliphatic carboxylic acids is 1. The highest BCUT2D eigenvalue weighted by Gasteiger charge is 2.30. The molecule has 0 saturated carbocycles. The van der Waals surface area contributed by atoms with Crippen LogP contribution in [0.15, 0.2) is 27.6 Å². The van der Waals surface area contributed by atoms with Gasteiger partial charge in [0.05, 0.1) is 0 Å². The van der Waals surface area contributed by atoms with Crippen LogP contribution in [-0.2, 0) is 11.2 Å². The number of carbonyl (C=O) groups is 1. The van der Waals surface area contributed by atoms with Crippen LogP contribution >= 0.6 is 27.7 Å². The van der Waals surface area contributed by atoms with Crippen LogP contribution in [0.5, 0.6) is 0 Å². The van der Waals surface area contributed by atoms with Crippen molar-refractivity contribution in [3.63, 3.8) is 0 Å². The largest absolute Gasteiger partial charge is 0.481 e. The van der Waals surface area contributed by atoms with Gasteiger partial charge in [0.15, 0.2) is 0 Å². The Bertz CT molecular complexity index is 421. The van der Waals surface area contributed by atoms with E-state index in [0.29, 0.717) is 10.0 Å². The molecular weight excluding hydrogens is 321 g/mol. The first-order valence-corrected chi connectivity index (χ1v) is 6.15. The fourth-order valence-electron chi connectivity index (χ4n) is 1.20. The first kappa shape index (κ1) is 14.4. The minimum absolute atomic E-state index is 0.0353. The quantitative estimate of drug-likeness (QED) is 0.846. The number of hydrogen-bond donors (Lipinski definition) is 1. The summed E-state index contributed by atoms with van der Waals surface area (Å²) in [5.74, 6) is -1.03. The molecule has 0 unspecified atom stereocenters. The second-order valence-corrected chi connectivity index (χ2v) is 5.22. The molecule has 0 heterocycles. The summed E-state index contributed by atoms with van der Waals surface area (Å²) in [7, 11) is 0. The number of benzene rings is 1. The first-order valence-electron chi connectivity index (χ1n) is 4.54. The van der Waals surface area contributed by atoms with Gasteiger partial charge in [-0.05, 0) is 35.9 Å². The third-order valence-corrected chi connectivity index (χ3v) is 3.19. The van der Waals surface area contributed by atoms with Gasteiger partial charge in [0.1, 0.15) is 0 Å². The van der Waals surface area contributed by atoms with Crippen LogP contribution < -0.4 is 0 Å². The Morgan fingerprint density at radius 3 is 2.59 bits per heavy atom. The Kier molecular flexibility index (Phi) is 4.88. The van der Waals surface area contributed by atoms with Gasteiger partial charge in [0, 0.05) is 15.8 Å². The van der Waals surface area contributed by atoms with Gasteiger partial charge in [-0.25, -0.2) is 0 Å². The zero-order valence-electron chi connectivity index (χ0n) is 8.42. The average molecular weight is 329 g/mol. The Morgan fingerprint density at radius 1 is 1.41 bits per heavy atom. The first-order chi connectivity index (χ1) is 7.78. The van der Waals surface area contributed by atoms with E-state index in [1.54, 1.807) is 6.07 Å². The van der Waals surface area contributed by atoms with Crippen LogP contribution in [-0.4, -0.2) is 16.6 Å². The molecule has 2 nitrogen and oxygen atoms in total. The summed E-state index contributed by atoms with van der Waals surface area (Å²) in [5, 5.41) is 8.51. The Labute approximate surface area is 108 Å². The van der Waals surface area contributed by atoms with Gasteiger partial charge in [0.2, 0.25) is 0 Å². The fraction of sp³-hybridized carbons (Fsp3) is 0.300. The van der Waals surface area contributed by atoms with Gasteiger partial charge in [0.25, 0.3) is 0 Å². The number of carboxylic acids is 1. The topological polar surface area (TPSA) is 37.3 Å². The van der Waals surface area contributed by atoms with E-state index >= 15 is 0 Å². The second-order valence-electron chi connectivity index (χ2n) is 3.19. The summed E-state index contributed by atoms with van der Waals surface area (Å²) >= 11 is 2.86. The van der Waals surface area contributed by atoms with E-state index in [4.69, 9.17) is 5.11 Å². The van der Waals surface area contributed by atoms with Crippen LogP contribution in [0.1, 0.15) is 12.0 Å². The lowest BCUT2D eigenvalue weighted by Gasteiger charge is -2.10. The molecule has 0 aliphatic carbocycles. The van der Waals surface area contributed by atoms with Crippen LogP contribution in [0.3, 0.4) is 0 Å². The van der Waals surface area contributed by atoms with Crippen LogP contribution in [0.4, 0.5) is 13.2 Å². The van der Waals surface area contributed by atoms with Gasteiger partial charge in [-0.2, -0.15) is 13.2 Å². The van der Waals surface area contributed by atoms with E-state index in [-0.39, 0.29) is 29.5 Å². The minimum atomic E-state index is -4.38. The van der Waals surface area contributed by atoms with Crippen molar-refractivity contribution in [1.29, 1.82) is 0 Å². The number of hydrogen-bond acceptors (Lipinski definition) is 2. The summed E-state index contributed by atoms with van der Waals surface area (Å²) < 4.78 is 37.4. The predicted molar refractivity (Wildman–Crippen MR) is 62.0 cm³/mol. The highest BCUT2D eigenvalue weighted by molar-refractivity contribution is 9.10. The molecule has 0 saturated heterocycles. The minimum Gasteiger partial charge on any atom is -0.481 e. The Morgan fingerprint density at radius 2 is 2.06 bits per heavy atom. The lowest BCUT2D eigenvalue weighted by atomic mass is 10.1. The molecule has 1 aromatic rings. The van der Waals surface area contributed by atoms with E-state index in [9.17, 15) is 18.0 Å². The lowest BCUT2D eigenvalue weighted by molar-refractivity contribution is -0.136. The molecule has 0 amide bonds. The maximum absolute atomic E-state index is 12.3. The van der Waals surface area contributed by atoms with Crippen molar-refractivity contribution in [3.8, 4) is 0 Å². The third-order valence-electron chi connectivity index (χ3n) is 1.86. The third kappa shape index (κ3) is 5.45. The molecule has 94 valence electrons. The average Bonchev–Trinajstić information content (AvgIpc) is 2.13. The Hall–Kier alpha value is -0.690. The Balaban J connectivity index is 2.91. The molecule has 0 aliphatic heterocycles. The number of carboxylic acid groups (broad SMARTS) is 1. The number of alkyl halides is 3. The molecule has 1 N–H and O–H groups in total.